The van der Waals surface area contributed by atoms with E-state index in [1.807, 2.05) is 67.6 Å². The Morgan fingerprint density at radius 2 is 1.67 bits per heavy atom. The quantitative estimate of drug-likeness (QED) is 0.215. The Balaban J connectivity index is 1.63. The molecule has 5 rings (SSSR count). The second-order valence-electron chi connectivity index (χ2n) is 8.53. The van der Waals surface area contributed by atoms with Gasteiger partial charge in [0.2, 0.25) is 0 Å². The molecule has 182 valence electrons. The summed E-state index contributed by atoms with van der Waals surface area (Å²) in [7, 11) is 1.59. The number of likely N-dealkylation sites (tertiary alicyclic amines) is 1. The van der Waals surface area contributed by atoms with E-state index in [0.717, 1.165) is 16.5 Å². The van der Waals surface area contributed by atoms with Crippen molar-refractivity contribution in [1.29, 1.82) is 0 Å². The first-order valence-corrected chi connectivity index (χ1v) is 11.7. The highest BCUT2D eigenvalue weighted by atomic mass is 16.5. The van der Waals surface area contributed by atoms with Crippen LogP contribution in [0.3, 0.4) is 0 Å². The van der Waals surface area contributed by atoms with Crippen LogP contribution in [0.1, 0.15) is 29.7 Å². The summed E-state index contributed by atoms with van der Waals surface area (Å²) in [4.78, 5) is 31.3. The molecule has 0 saturated carbocycles. The van der Waals surface area contributed by atoms with E-state index in [0.29, 0.717) is 29.2 Å². The van der Waals surface area contributed by atoms with Gasteiger partial charge in [-0.15, -0.1) is 0 Å². The number of aliphatic hydroxyl groups is 1. The molecule has 0 radical (unpaired) electrons. The van der Waals surface area contributed by atoms with Gasteiger partial charge < -0.3 is 24.5 Å². The van der Waals surface area contributed by atoms with Crippen LogP contribution < -0.4 is 9.47 Å². The van der Waals surface area contributed by atoms with Crippen molar-refractivity contribution >= 4 is 28.4 Å². The number of aromatic amines is 1. The molecule has 36 heavy (non-hydrogen) atoms. The number of nitrogens with one attached hydrogen (secondary N) is 1. The number of carbonyl (C=O) groups is 2. The van der Waals surface area contributed by atoms with Crippen LogP contribution in [0.25, 0.3) is 16.7 Å². The molecule has 1 saturated heterocycles. The Hall–Kier alpha value is -4.52. The maximum Gasteiger partial charge on any atom is 0.295 e. The molecule has 1 aliphatic rings. The molecule has 1 atom stereocenters. The molecule has 0 aliphatic carbocycles. The molecule has 0 bridgehead atoms. The molecule has 2 N–H and O–H groups in total. The van der Waals surface area contributed by atoms with Crippen molar-refractivity contribution < 1.29 is 24.2 Å². The average Bonchev–Trinajstić information content (AvgIpc) is 3.44. The number of nitrogens with zero attached hydrogens (tertiary/aromatic N) is 1. The van der Waals surface area contributed by atoms with E-state index in [1.54, 1.807) is 25.4 Å². The first-order valence-electron chi connectivity index (χ1n) is 11.7. The molecule has 1 fully saturated rings. The van der Waals surface area contributed by atoms with E-state index in [2.05, 4.69) is 4.98 Å². The molecule has 1 aliphatic heterocycles. The summed E-state index contributed by atoms with van der Waals surface area (Å²) in [6, 6.07) is 21.3. The normalized spacial score (nSPS) is 17.1. The highest BCUT2D eigenvalue weighted by molar-refractivity contribution is 6.46. The van der Waals surface area contributed by atoms with Crippen molar-refractivity contribution in [1.82, 2.24) is 9.88 Å². The van der Waals surface area contributed by atoms with Crippen LogP contribution in [0.2, 0.25) is 0 Å². The zero-order valence-corrected chi connectivity index (χ0v) is 20.0. The summed E-state index contributed by atoms with van der Waals surface area (Å²) >= 11 is 0. The monoisotopic (exact) mass is 482 g/mol. The van der Waals surface area contributed by atoms with Gasteiger partial charge in [-0.1, -0.05) is 42.5 Å². The van der Waals surface area contributed by atoms with Gasteiger partial charge in [-0.2, -0.15) is 0 Å². The number of para-hydroxylation sites is 1. The van der Waals surface area contributed by atoms with Crippen LogP contribution in [0.4, 0.5) is 0 Å². The lowest BCUT2D eigenvalue weighted by atomic mass is 9.95. The number of Topliss-reactive ketones (excluding diaryl/α,β-unsaturated/α-hetero) is 1. The maximum atomic E-state index is 13.4. The summed E-state index contributed by atoms with van der Waals surface area (Å²) in [5, 5.41) is 12.2. The van der Waals surface area contributed by atoms with Crippen LogP contribution in [0.5, 0.6) is 11.5 Å². The standard InChI is InChI=1S/C29H26N2O5/c1-3-36-21-14-10-19(11-15-21)26-25(27(32)23-16-30-24-7-5-4-6-22(23)24)28(33)29(34)31(26)17-18-8-12-20(35-2)13-9-18/h4-16,26,30,32H,3,17H2,1-2H3/b27-25-. The highest BCUT2D eigenvalue weighted by Gasteiger charge is 2.46. The number of hydrogen-bond donors (Lipinski definition) is 2. The van der Waals surface area contributed by atoms with Crippen LogP contribution in [0, 0.1) is 0 Å². The minimum atomic E-state index is -0.767. The van der Waals surface area contributed by atoms with Crippen molar-refractivity contribution in [3.63, 3.8) is 0 Å². The Morgan fingerprint density at radius 1 is 0.972 bits per heavy atom. The number of methoxy groups -OCH3 is 1. The first-order chi connectivity index (χ1) is 17.5. The number of hydrogen-bond acceptors (Lipinski definition) is 5. The number of fused-ring (bicyclic) bond motifs is 1. The number of benzene rings is 3. The molecule has 7 heteroatoms. The second kappa shape index (κ2) is 9.62. The SMILES string of the molecule is CCOc1ccc(C2/C(=C(/O)c3c[nH]c4ccccc34)C(=O)C(=O)N2Cc2ccc(OC)cc2)cc1. The molecule has 7 nitrogen and oxygen atoms in total. The van der Waals surface area contributed by atoms with Gasteiger partial charge in [-0.05, 0) is 48.4 Å². The van der Waals surface area contributed by atoms with E-state index in [1.165, 1.54) is 4.90 Å². The fourth-order valence-corrected chi connectivity index (χ4v) is 4.64. The molecular formula is C29H26N2O5. The van der Waals surface area contributed by atoms with Gasteiger partial charge in [0.05, 0.1) is 25.3 Å². The van der Waals surface area contributed by atoms with E-state index in [4.69, 9.17) is 9.47 Å². The van der Waals surface area contributed by atoms with Crippen molar-refractivity contribution in [2.45, 2.75) is 19.5 Å². The Bertz CT molecular complexity index is 1450. The molecule has 1 aromatic heterocycles. The molecule has 4 aromatic rings. The number of aliphatic hydroxyl groups excluding tert-OH is 1. The molecule has 0 spiro atoms. The third kappa shape index (κ3) is 4.09. The van der Waals surface area contributed by atoms with E-state index in [9.17, 15) is 14.7 Å². The van der Waals surface area contributed by atoms with Crippen LogP contribution in [0.15, 0.2) is 84.6 Å². The maximum absolute atomic E-state index is 13.4. The summed E-state index contributed by atoms with van der Waals surface area (Å²) in [5.74, 6) is -0.202. The zero-order valence-electron chi connectivity index (χ0n) is 20.0. The fourth-order valence-electron chi connectivity index (χ4n) is 4.64. The number of ether oxygens (including phenoxy) is 2. The largest absolute Gasteiger partial charge is 0.507 e. The van der Waals surface area contributed by atoms with E-state index < -0.39 is 17.7 Å². The smallest absolute Gasteiger partial charge is 0.295 e. The minimum Gasteiger partial charge on any atom is -0.507 e. The fraction of sp³-hybridized carbons (Fsp3) is 0.172. The zero-order chi connectivity index (χ0) is 25.2. The summed E-state index contributed by atoms with van der Waals surface area (Å²) in [6.07, 6.45) is 1.66. The van der Waals surface area contributed by atoms with E-state index in [-0.39, 0.29) is 17.9 Å². The third-order valence-corrected chi connectivity index (χ3v) is 6.40. The summed E-state index contributed by atoms with van der Waals surface area (Å²) < 4.78 is 10.8. The third-order valence-electron chi connectivity index (χ3n) is 6.40. The molecule has 2 heterocycles. The van der Waals surface area contributed by atoms with Gasteiger partial charge >= 0.3 is 0 Å². The molecule has 1 unspecified atom stereocenters. The number of aromatic nitrogens is 1. The number of H-pyrrole nitrogens is 1. The number of rotatable bonds is 7. The van der Waals surface area contributed by atoms with Crippen molar-refractivity contribution in [2.75, 3.05) is 13.7 Å². The summed E-state index contributed by atoms with van der Waals surface area (Å²) in [6.45, 7) is 2.62. The van der Waals surface area contributed by atoms with Crippen LogP contribution in [-0.2, 0) is 16.1 Å². The lowest BCUT2D eigenvalue weighted by Gasteiger charge is -2.25. The molecule has 3 aromatic carbocycles. The summed E-state index contributed by atoms with van der Waals surface area (Å²) in [5.41, 5.74) is 2.89. The number of ketones is 1. The lowest BCUT2D eigenvalue weighted by Crippen LogP contribution is -2.29. The molecular weight excluding hydrogens is 456 g/mol. The average molecular weight is 483 g/mol. The minimum absolute atomic E-state index is 0.0578. The first kappa shape index (κ1) is 23.2. The Kier molecular flexibility index (Phi) is 6.21. The van der Waals surface area contributed by atoms with Crippen LogP contribution in [-0.4, -0.2) is 40.4 Å². The van der Waals surface area contributed by atoms with Gasteiger partial charge in [-0.3, -0.25) is 9.59 Å². The van der Waals surface area contributed by atoms with Gasteiger partial charge in [0, 0.05) is 29.2 Å². The predicted octanol–water partition coefficient (Wildman–Crippen LogP) is 5.20. The van der Waals surface area contributed by atoms with Crippen molar-refractivity contribution in [3.05, 3.63) is 101 Å². The Morgan fingerprint density at radius 3 is 2.36 bits per heavy atom. The van der Waals surface area contributed by atoms with Crippen molar-refractivity contribution in [3.8, 4) is 11.5 Å². The van der Waals surface area contributed by atoms with Gasteiger partial charge in [0.1, 0.15) is 17.3 Å². The lowest BCUT2D eigenvalue weighted by molar-refractivity contribution is -0.140. The Labute approximate surface area is 208 Å². The molecule has 1 amide bonds. The van der Waals surface area contributed by atoms with Gasteiger partial charge in [0.15, 0.2) is 0 Å². The topological polar surface area (TPSA) is 91.9 Å². The number of amides is 1. The van der Waals surface area contributed by atoms with Crippen molar-refractivity contribution in [2.24, 2.45) is 0 Å². The van der Waals surface area contributed by atoms with E-state index >= 15 is 0 Å². The highest BCUT2D eigenvalue weighted by Crippen LogP contribution is 2.41. The second-order valence-corrected chi connectivity index (χ2v) is 8.53. The van der Waals surface area contributed by atoms with Crippen LogP contribution >= 0.6 is 0 Å². The number of carbonyl (C=O) groups excluding carboxylic acids is 2. The predicted molar refractivity (Wildman–Crippen MR) is 137 cm³/mol. The van der Waals surface area contributed by atoms with Gasteiger partial charge in [-0.25, -0.2) is 0 Å². The van der Waals surface area contributed by atoms with Gasteiger partial charge in [0.25, 0.3) is 11.7 Å².